The Bertz CT molecular complexity index is 468. The number of carbonyl (C=O) groups excluding carboxylic acids is 1. The highest BCUT2D eigenvalue weighted by Gasteiger charge is 2.23. The number of nitrogens with zero attached hydrogens (tertiary/aromatic N) is 1. The van der Waals surface area contributed by atoms with Crippen LogP contribution < -0.4 is 10.6 Å². The number of amides is 1. The average Bonchev–Trinajstić information content (AvgIpc) is 2.41. The summed E-state index contributed by atoms with van der Waals surface area (Å²) in [6.45, 7) is 4.99. The molecule has 4 nitrogen and oxygen atoms in total. The third-order valence-corrected chi connectivity index (χ3v) is 3.79. The minimum atomic E-state index is 0. The standard InChI is InChI=1S/C16H25N3O.2ClH/c1-12-10-17-8-7-15(12)18-16(20)14-6-4-5-13(9-14)11-19(2)3;;/h4-6,9,12,15,17H,7-8,10-11H2,1-3H3,(H,18,20);2*1H. The fraction of sp³-hybridized carbons (Fsp3) is 0.562. The molecular weight excluding hydrogens is 321 g/mol. The Morgan fingerprint density at radius 2 is 2.09 bits per heavy atom. The van der Waals surface area contributed by atoms with Gasteiger partial charge < -0.3 is 15.5 Å². The molecule has 2 unspecified atom stereocenters. The minimum absolute atomic E-state index is 0. The van der Waals surface area contributed by atoms with Gasteiger partial charge in [-0.05, 0) is 57.2 Å². The maximum absolute atomic E-state index is 12.4. The first kappa shape index (κ1) is 21.2. The average molecular weight is 348 g/mol. The number of carbonyl (C=O) groups is 1. The number of hydrogen-bond acceptors (Lipinski definition) is 3. The van der Waals surface area contributed by atoms with Crippen LogP contribution in [0.5, 0.6) is 0 Å². The first-order valence-corrected chi connectivity index (χ1v) is 7.31. The van der Waals surface area contributed by atoms with Crippen LogP contribution in [-0.4, -0.2) is 44.0 Å². The van der Waals surface area contributed by atoms with E-state index in [2.05, 4.69) is 28.5 Å². The van der Waals surface area contributed by atoms with Crippen molar-refractivity contribution in [2.75, 3.05) is 27.2 Å². The molecule has 1 aliphatic rings. The van der Waals surface area contributed by atoms with Gasteiger partial charge in [0.1, 0.15) is 0 Å². The van der Waals surface area contributed by atoms with Gasteiger partial charge in [0.15, 0.2) is 0 Å². The molecule has 0 aliphatic carbocycles. The SMILES string of the molecule is CC1CNCCC1NC(=O)c1cccc(CN(C)C)c1.Cl.Cl. The second-order valence-corrected chi connectivity index (χ2v) is 5.99. The molecule has 1 aromatic carbocycles. The Kier molecular flexibility index (Phi) is 9.69. The van der Waals surface area contributed by atoms with Gasteiger partial charge in [0, 0.05) is 18.2 Å². The van der Waals surface area contributed by atoms with Crippen LogP contribution in [0.2, 0.25) is 0 Å². The van der Waals surface area contributed by atoms with Crippen LogP contribution in [0.3, 0.4) is 0 Å². The van der Waals surface area contributed by atoms with E-state index >= 15 is 0 Å². The van der Waals surface area contributed by atoms with E-state index in [-0.39, 0.29) is 36.8 Å². The molecule has 0 saturated carbocycles. The van der Waals surface area contributed by atoms with Crippen molar-refractivity contribution >= 4 is 30.7 Å². The van der Waals surface area contributed by atoms with Crippen molar-refractivity contribution in [3.63, 3.8) is 0 Å². The number of piperidine rings is 1. The van der Waals surface area contributed by atoms with Crippen LogP contribution in [0.25, 0.3) is 0 Å². The first-order valence-electron chi connectivity index (χ1n) is 7.31. The monoisotopic (exact) mass is 347 g/mol. The molecule has 1 aliphatic heterocycles. The van der Waals surface area contributed by atoms with Crippen molar-refractivity contribution in [3.05, 3.63) is 35.4 Å². The Labute approximate surface area is 145 Å². The van der Waals surface area contributed by atoms with E-state index in [1.165, 1.54) is 5.56 Å². The second-order valence-electron chi connectivity index (χ2n) is 5.99. The number of halogens is 2. The van der Waals surface area contributed by atoms with Gasteiger partial charge in [0.25, 0.3) is 5.91 Å². The molecule has 0 spiro atoms. The molecule has 0 bridgehead atoms. The van der Waals surface area contributed by atoms with E-state index in [9.17, 15) is 4.79 Å². The Morgan fingerprint density at radius 3 is 2.73 bits per heavy atom. The molecule has 6 heteroatoms. The van der Waals surface area contributed by atoms with E-state index in [4.69, 9.17) is 0 Å². The largest absolute Gasteiger partial charge is 0.349 e. The van der Waals surface area contributed by atoms with Crippen LogP contribution >= 0.6 is 24.8 Å². The number of rotatable bonds is 4. The summed E-state index contributed by atoms with van der Waals surface area (Å²) in [4.78, 5) is 14.5. The van der Waals surface area contributed by atoms with E-state index in [1.807, 2.05) is 32.3 Å². The third kappa shape index (κ3) is 6.13. The third-order valence-electron chi connectivity index (χ3n) is 3.79. The van der Waals surface area contributed by atoms with E-state index < -0.39 is 0 Å². The zero-order valence-corrected chi connectivity index (χ0v) is 15.1. The lowest BCUT2D eigenvalue weighted by atomic mass is 9.95. The van der Waals surface area contributed by atoms with Crippen molar-refractivity contribution < 1.29 is 4.79 Å². The van der Waals surface area contributed by atoms with E-state index in [0.29, 0.717) is 5.92 Å². The molecule has 0 radical (unpaired) electrons. The van der Waals surface area contributed by atoms with Crippen LogP contribution in [-0.2, 0) is 6.54 Å². The lowest BCUT2D eigenvalue weighted by Crippen LogP contribution is -2.48. The van der Waals surface area contributed by atoms with Gasteiger partial charge in [-0.25, -0.2) is 0 Å². The minimum Gasteiger partial charge on any atom is -0.349 e. The first-order chi connectivity index (χ1) is 9.56. The zero-order valence-electron chi connectivity index (χ0n) is 13.5. The van der Waals surface area contributed by atoms with Crippen molar-refractivity contribution in [2.45, 2.75) is 25.9 Å². The van der Waals surface area contributed by atoms with Crippen molar-refractivity contribution in [1.82, 2.24) is 15.5 Å². The lowest BCUT2D eigenvalue weighted by molar-refractivity contribution is 0.0914. The Morgan fingerprint density at radius 1 is 1.36 bits per heavy atom. The molecule has 22 heavy (non-hydrogen) atoms. The summed E-state index contributed by atoms with van der Waals surface area (Å²) in [5.74, 6) is 0.530. The Balaban J connectivity index is 0.00000220. The molecule has 2 rings (SSSR count). The summed E-state index contributed by atoms with van der Waals surface area (Å²) in [6.07, 6.45) is 1.00. The van der Waals surface area contributed by atoms with Gasteiger partial charge >= 0.3 is 0 Å². The highest BCUT2D eigenvalue weighted by molar-refractivity contribution is 5.94. The quantitative estimate of drug-likeness (QED) is 0.878. The van der Waals surface area contributed by atoms with Crippen LogP contribution in [0, 0.1) is 5.92 Å². The molecule has 1 amide bonds. The molecule has 2 N–H and O–H groups in total. The summed E-state index contributed by atoms with van der Waals surface area (Å²) in [6, 6.07) is 8.17. The smallest absolute Gasteiger partial charge is 0.251 e. The molecule has 2 atom stereocenters. The molecule has 126 valence electrons. The predicted molar refractivity (Wildman–Crippen MR) is 96.2 cm³/mol. The van der Waals surface area contributed by atoms with Crippen molar-refractivity contribution in [2.24, 2.45) is 5.92 Å². The topological polar surface area (TPSA) is 44.4 Å². The molecule has 1 aromatic rings. The van der Waals surface area contributed by atoms with Gasteiger partial charge in [0.05, 0.1) is 0 Å². The van der Waals surface area contributed by atoms with Crippen molar-refractivity contribution in [1.29, 1.82) is 0 Å². The zero-order chi connectivity index (χ0) is 14.5. The highest BCUT2D eigenvalue weighted by Crippen LogP contribution is 2.12. The van der Waals surface area contributed by atoms with Gasteiger partial charge in [-0.3, -0.25) is 4.79 Å². The maximum Gasteiger partial charge on any atom is 0.251 e. The fourth-order valence-electron chi connectivity index (χ4n) is 2.66. The second kappa shape index (κ2) is 10.1. The summed E-state index contributed by atoms with van der Waals surface area (Å²) in [5.41, 5.74) is 1.93. The van der Waals surface area contributed by atoms with Crippen LogP contribution in [0.4, 0.5) is 0 Å². The lowest BCUT2D eigenvalue weighted by Gasteiger charge is -2.30. The Hall–Kier alpha value is -0.810. The summed E-state index contributed by atoms with van der Waals surface area (Å²) >= 11 is 0. The maximum atomic E-state index is 12.4. The summed E-state index contributed by atoms with van der Waals surface area (Å²) in [5, 5.41) is 6.52. The fourth-order valence-corrected chi connectivity index (χ4v) is 2.66. The van der Waals surface area contributed by atoms with Gasteiger partial charge in [-0.15, -0.1) is 24.8 Å². The number of hydrogen-bond donors (Lipinski definition) is 2. The predicted octanol–water partition coefficient (Wildman–Crippen LogP) is 2.32. The summed E-state index contributed by atoms with van der Waals surface area (Å²) < 4.78 is 0. The summed E-state index contributed by atoms with van der Waals surface area (Å²) in [7, 11) is 4.06. The molecule has 1 saturated heterocycles. The highest BCUT2D eigenvalue weighted by atomic mass is 35.5. The number of nitrogens with one attached hydrogen (secondary N) is 2. The van der Waals surface area contributed by atoms with Gasteiger partial charge in [0.2, 0.25) is 0 Å². The molecule has 0 aromatic heterocycles. The van der Waals surface area contributed by atoms with Crippen LogP contribution in [0.1, 0.15) is 29.3 Å². The molecule has 1 heterocycles. The van der Waals surface area contributed by atoms with Gasteiger partial charge in [-0.1, -0.05) is 19.1 Å². The van der Waals surface area contributed by atoms with Crippen LogP contribution in [0.15, 0.2) is 24.3 Å². The molecule has 1 fully saturated rings. The van der Waals surface area contributed by atoms with Gasteiger partial charge in [-0.2, -0.15) is 0 Å². The number of benzene rings is 1. The molecular formula is C16H27Cl2N3O. The van der Waals surface area contributed by atoms with E-state index in [0.717, 1.165) is 31.6 Å². The van der Waals surface area contributed by atoms with E-state index in [1.54, 1.807) is 0 Å². The normalized spacial score (nSPS) is 20.7. The van der Waals surface area contributed by atoms with Crippen molar-refractivity contribution in [3.8, 4) is 0 Å².